The van der Waals surface area contributed by atoms with Crippen molar-refractivity contribution >= 4 is 11.8 Å². The van der Waals surface area contributed by atoms with Crippen LogP contribution >= 0.6 is 0 Å². The first-order chi connectivity index (χ1) is 8.74. The second kappa shape index (κ2) is 4.44. The molecule has 0 amide bonds. The minimum atomic E-state index is 0.221. The Balaban J connectivity index is 2.01. The molecular formula is C14H16N2O2. The monoisotopic (exact) mass is 244 g/mol. The fourth-order valence-electron chi connectivity index (χ4n) is 2.10. The average molecular weight is 244 g/mol. The predicted molar refractivity (Wildman–Crippen MR) is 70.3 cm³/mol. The summed E-state index contributed by atoms with van der Waals surface area (Å²) >= 11 is 0. The maximum atomic E-state index is 5.62. The second-order valence-corrected chi connectivity index (χ2v) is 4.73. The van der Waals surface area contributed by atoms with Gasteiger partial charge < -0.3 is 9.47 Å². The summed E-state index contributed by atoms with van der Waals surface area (Å²) in [6, 6.07) is 8.40. The summed E-state index contributed by atoms with van der Waals surface area (Å²) in [7, 11) is 0. The molecule has 2 atom stereocenters. The van der Waals surface area contributed by atoms with E-state index in [4.69, 9.17) is 9.47 Å². The van der Waals surface area contributed by atoms with Crippen LogP contribution in [0.15, 0.2) is 34.3 Å². The second-order valence-electron chi connectivity index (χ2n) is 4.73. The Morgan fingerprint density at radius 3 is 1.67 bits per heavy atom. The molecule has 1 aromatic rings. The normalized spacial score (nSPS) is 26.3. The zero-order valence-electron chi connectivity index (χ0n) is 10.6. The Morgan fingerprint density at radius 1 is 0.889 bits per heavy atom. The van der Waals surface area contributed by atoms with Crippen molar-refractivity contribution in [3.63, 3.8) is 0 Å². The zero-order chi connectivity index (χ0) is 12.5. The van der Waals surface area contributed by atoms with E-state index in [1.165, 1.54) is 0 Å². The molecule has 2 unspecified atom stereocenters. The first-order valence-electron chi connectivity index (χ1n) is 6.25. The summed E-state index contributed by atoms with van der Waals surface area (Å²) in [5.74, 6) is 1.40. The highest BCUT2D eigenvalue weighted by Gasteiger charge is 2.24. The van der Waals surface area contributed by atoms with E-state index in [1.807, 2.05) is 38.1 Å². The van der Waals surface area contributed by atoms with Crippen LogP contribution in [0, 0.1) is 0 Å². The molecule has 0 N–H and O–H groups in total. The minimum Gasteiger partial charge on any atom is -0.475 e. The Labute approximate surface area is 106 Å². The van der Waals surface area contributed by atoms with Crippen molar-refractivity contribution in [1.82, 2.24) is 0 Å². The van der Waals surface area contributed by atoms with Gasteiger partial charge in [0, 0.05) is 11.1 Å². The van der Waals surface area contributed by atoms with E-state index in [0.29, 0.717) is 25.0 Å². The molecule has 2 aliphatic heterocycles. The SMILES string of the molecule is CC1COC(c2ccccc2C2=NC(C)CO2)=N1. The van der Waals surface area contributed by atoms with Gasteiger partial charge in [0.2, 0.25) is 11.8 Å². The van der Waals surface area contributed by atoms with Crippen molar-refractivity contribution in [2.45, 2.75) is 25.9 Å². The van der Waals surface area contributed by atoms with E-state index >= 15 is 0 Å². The van der Waals surface area contributed by atoms with Gasteiger partial charge in [-0.15, -0.1) is 0 Å². The Bertz CT molecular complexity index is 475. The van der Waals surface area contributed by atoms with Gasteiger partial charge in [0.1, 0.15) is 13.2 Å². The molecule has 0 saturated heterocycles. The molecule has 0 bridgehead atoms. The van der Waals surface area contributed by atoms with E-state index in [-0.39, 0.29) is 12.1 Å². The third kappa shape index (κ3) is 1.98. The van der Waals surface area contributed by atoms with Crippen LogP contribution in [0.3, 0.4) is 0 Å². The first-order valence-corrected chi connectivity index (χ1v) is 6.25. The Hall–Kier alpha value is -1.84. The fraction of sp³-hybridized carbons (Fsp3) is 0.429. The van der Waals surface area contributed by atoms with Crippen molar-refractivity contribution in [2.24, 2.45) is 9.98 Å². The zero-order valence-corrected chi connectivity index (χ0v) is 10.6. The van der Waals surface area contributed by atoms with Gasteiger partial charge in [-0.3, -0.25) is 0 Å². The standard InChI is InChI=1S/C14H16N2O2/c1-9-7-17-13(15-9)11-5-3-4-6-12(11)14-16-10(2)8-18-14/h3-6,9-10H,7-8H2,1-2H3. The fourth-order valence-corrected chi connectivity index (χ4v) is 2.10. The molecule has 2 heterocycles. The van der Waals surface area contributed by atoms with Crippen LogP contribution in [0.1, 0.15) is 25.0 Å². The van der Waals surface area contributed by atoms with Crippen molar-refractivity contribution < 1.29 is 9.47 Å². The highest BCUT2D eigenvalue weighted by atomic mass is 16.5. The number of hydrogen-bond donors (Lipinski definition) is 0. The molecule has 0 fully saturated rings. The van der Waals surface area contributed by atoms with Crippen LogP contribution in [0.5, 0.6) is 0 Å². The first kappa shape index (κ1) is 11.3. The number of rotatable bonds is 2. The largest absolute Gasteiger partial charge is 0.475 e. The van der Waals surface area contributed by atoms with Crippen LogP contribution < -0.4 is 0 Å². The van der Waals surface area contributed by atoms with E-state index in [0.717, 1.165) is 11.1 Å². The summed E-state index contributed by atoms with van der Waals surface area (Å²) in [6.45, 7) is 5.38. The lowest BCUT2D eigenvalue weighted by Crippen LogP contribution is -2.11. The highest BCUT2D eigenvalue weighted by Crippen LogP contribution is 2.20. The number of hydrogen-bond acceptors (Lipinski definition) is 4. The summed E-state index contributed by atoms with van der Waals surface area (Å²) in [5, 5.41) is 0. The van der Waals surface area contributed by atoms with Gasteiger partial charge in [0.05, 0.1) is 12.1 Å². The summed E-state index contributed by atoms with van der Waals surface area (Å²) in [5.41, 5.74) is 1.93. The molecule has 94 valence electrons. The lowest BCUT2D eigenvalue weighted by molar-refractivity contribution is 0.320. The van der Waals surface area contributed by atoms with Gasteiger partial charge in [-0.25, -0.2) is 9.98 Å². The smallest absolute Gasteiger partial charge is 0.217 e. The van der Waals surface area contributed by atoms with Crippen molar-refractivity contribution in [2.75, 3.05) is 13.2 Å². The number of benzene rings is 1. The Kier molecular flexibility index (Phi) is 2.78. The third-order valence-corrected chi connectivity index (χ3v) is 2.99. The number of nitrogens with zero attached hydrogens (tertiary/aromatic N) is 2. The van der Waals surface area contributed by atoms with Crippen LogP contribution in [0.2, 0.25) is 0 Å². The van der Waals surface area contributed by atoms with Gasteiger partial charge in [-0.1, -0.05) is 12.1 Å². The van der Waals surface area contributed by atoms with Crippen molar-refractivity contribution in [1.29, 1.82) is 0 Å². The molecule has 3 rings (SSSR count). The van der Waals surface area contributed by atoms with Gasteiger partial charge >= 0.3 is 0 Å². The molecule has 1 aromatic carbocycles. The van der Waals surface area contributed by atoms with E-state index < -0.39 is 0 Å². The third-order valence-electron chi connectivity index (χ3n) is 2.99. The van der Waals surface area contributed by atoms with Gasteiger partial charge in [0.25, 0.3) is 0 Å². The summed E-state index contributed by atoms with van der Waals surface area (Å²) in [6.07, 6.45) is 0. The van der Waals surface area contributed by atoms with Gasteiger partial charge in [0.15, 0.2) is 0 Å². The van der Waals surface area contributed by atoms with Crippen molar-refractivity contribution in [3.05, 3.63) is 35.4 Å². The molecule has 0 saturated carbocycles. The topological polar surface area (TPSA) is 43.2 Å². The van der Waals surface area contributed by atoms with Gasteiger partial charge in [-0.2, -0.15) is 0 Å². The number of ether oxygens (including phenoxy) is 2. The summed E-state index contributed by atoms with van der Waals surface area (Å²) < 4.78 is 11.2. The number of aliphatic imine (C=N–C) groups is 2. The quantitative estimate of drug-likeness (QED) is 0.798. The highest BCUT2D eigenvalue weighted by molar-refractivity contribution is 6.07. The van der Waals surface area contributed by atoms with E-state index in [1.54, 1.807) is 0 Å². The molecule has 2 aliphatic rings. The molecule has 4 heteroatoms. The maximum absolute atomic E-state index is 5.62. The van der Waals surface area contributed by atoms with Gasteiger partial charge in [-0.05, 0) is 26.0 Å². The molecule has 4 nitrogen and oxygen atoms in total. The molecule has 0 aliphatic carbocycles. The Morgan fingerprint density at radius 2 is 1.33 bits per heavy atom. The molecule has 18 heavy (non-hydrogen) atoms. The molecule has 0 aromatic heterocycles. The maximum Gasteiger partial charge on any atom is 0.217 e. The molecular weight excluding hydrogens is 228 g/mol. The van der Waals surface area contributed by atoms with Crippen LogP contribution in [0.25, 0.3) is 0 Å². The lowest BCUT2D eigenvalue weighted by Gasteiger charge is -2.08. The van der Waals surface area contributed by atoms with E-state index in [2.05, 4.69) is 9.98 Å². The average Bonchev–Trinajstić information content (AvgIpc) is 2.98. The lowest BCUT2D eigenvalue weighted by atomic mass is 10.1. The van der Waals surface area contributed by atoms with Crippen LogP contribution in [0.4, 0.5) is 0 Å². The summed E-state index contributed by atoms with van der Waals surface area (Å²) in [4.78, 5) is 8.99. The predicted octanol–water partition coefficient (Wildman–Crippen LogP) is 2.02. The minimum absolute atomic E-state index is 0.221. The van der Waals surface area contributed by atoms with E-state index in [9.17, 15) is 0 Å². The van der Waals surface area contributed by atoms with Crippen molar-refractivity contribution in [3.8, 4) is 0 Å². The molecule has 0 radical (unpaired) electrons. The van der Waals surface area contributed by atoms with Crippen LogP contribution in [-0.4, -0.2) is 37.1 Å². The van der Waals surface area contributed by atoms with Crippen LogP contribution in [-0.2, 0) is 9.47 Å². The molecule has 0 spiro atoms.